The summed E-state index contributed by atoms with van der Waals surface area (Å²) in [7, 11) is -3.09. The van der Waals surface area contributed by atoms with E-state index in [9.17, 15) is 0 Å². The van der Waals surface area contributed by atoms with E-state index in [1.807, 2.05) is 146 Å². The first-order chi connectivity index (χ1) is 65.1. The molecule has 0 amide bonds. The van der Waals surface area contributed by atoms with Crippen molar-refractivity contribution in [3.05, 3.63) is 462 Å². The van der Waals surface area contributed by atoms with Crippen molar-refractivity contribution < 1.29 is 109 Å². The minimum Gasteiger partial charge on any atom is -0.460 e. The Bertz CT molecular complexity index is 8160. The van der Waals surface area contributed by atoms with E-state index in [0.29, 0.717) is 52.7 Å². The third-order valence-electron chi connectivity index (χ3n) is 21.3. The Morgan fingerprint density at radius 3 is 0.818 bits per heavy atom. The van der Waals surface area contributed by atoms with Crippen LogP contribution in [-0.4, -0.2) is 39.9 Å². The Morgan fingerprint density at radius 2 is 0.485 bits per heavy atom. The molecule has 12 nitrogen and oxygen atoms in total. The number of pyridine rings is 8. The number of ether oxygens (including phenoxy) is 4. The van der Waals surface area contributed by atoms with E-state index >= 15 is 0 Å². The number of benzene rings is 12. The van der Waals surface area contributed by atoms with Crippen LogP contribution in [0.5, 0.6) is 46.5 Å². The number of hydrogen-bond donors (Lipinski definition) is 0. The zero-order valence-electron chi connectivity index (χ0n) is 73.2. The fourth-order valence-corrected chi connectivity index (χ4v) is 25.6. The van der Waals surface area contributed by atoms with E-state index < -0.39 is 30.1 Å². The molecule has 12 aromatic heterocycles. The molecule has 0 aliphatic heterocycles. The van der Waals surface area contributed by atoms with Gasteiger partial charge in [0.15, 0.2) is 0 Å². The molecule has 20 heteroatoms. The standard InChI is InChI=1S/4C28H17N2OP.4Pt/c4*1-2-11-25-23(10-1)24-15-14-21(19-26(24)32(25)28-13-4-6-17-30-28)20-8-7-9-22(18-20)31-27-12-3-5-16-29-27;;;;/h4*1-17H;;;;/q4*-2;4*+2/i16D;12D;5D;3D;;;;. The Balaban J connectivity index is 0.000000125. The van der Waals surface area contributed by atoms with Crippen molar-refractivity contribution in [1.82, 2.24) is 39.9 Å². The minimum atomic E-state index is -0.777. The molecule has 24 aromatic rings. The van der Waals surface area contributed by atoms with Gasteiger partial charge in [0, 0.05) is 96.8 Å². The van der Waals surface area contributed by atoms with Crippen molar-refractivity contribution in [1.29, 1.82) is 0 Å². The van der Waals surface area contributed by atoms with Crippen LogP contribution < -0.4 is 18.9 Å². The first-order valence-corrected chi connectivity index (χ1v) is 46.4. The molecule has 0 saturated carbocycles. The first kappa shape index (κ1) is 85.8. The molecule has 0 fully saturated rings. The molecule has 24 rings (SSSR count). The summed E-state index contributed by atoms with van der Waals surface area (Å²) in [6.45, 7) is 0. The summed E-state index contributed by atoms with van der Waals surface area (Å²) in [4.78, 5) is 35.3. The molecule has 0 radical (unpaired) electrons. The van der Waals surface area contributed by atoms with Gasteiger partial charge in [-0.15, -0.1) is 72.8 Å². The summed E-state index contributed by atoms with van der Waals surface area (Å²) >= 11 is 0. The van der Waals surface area contributed by atoms with Gasteiger partial charge in [0.1, 0.15) is 0 Å². The Kier molecular flexibility index (Phi) is 27.6. The van der Waals surface area contributed by atoms with Crippen LogP contribution in [0.3, 0.4) is 0 Å². The molecular weight excluding hydrogens is 2430 g/mol. The largest absolute Gasteiger partial charge is 2.00 e. The molecule has 0 aliphatic carbocycles. The molecule has 0 bridgehead atoms. The van der Waals surface area contributed by atoms with Crippen LogP contribution in [0.4, 0.5) is 0 Å². The summed E-state index contributed by atoms with van der Waals surface area (Å²) in [5.41, 5.74) is 11.7. The summed E-state index contributed by atoms with van der Waals surface area (Å²) in [6, 6.07) is 143. The number of aromatic nitrogens is 8. The van der Waals surface area contributed by atoms with Crippen LogP contribution in [0.15, 0.2) is 413 Å². The van der Waals surface area contributed by atoms with Gasteiger partial charge in [-0.05, 0) is 115 Å². The van der Waals surface area contributed by atoms with Gasteiger partial charge < -0.3 is 18.9 Å². The number of rotatable bonds is 16. The quantitative estimate of drug-likeness (QED) is 0.0851. The second-order valence-electron chi connectivity index (χ2n) is 29.2. The first-order valence-electron chi connectivity index (χ1n) is 43.1. The maximum atomic E-state index is 7.98. The Morgan fingerprint density at radius 1 is 0.197 bits per heavy atom. The maximum Gasteiger partial charge on any atom is 2.00 e. The summed E-state index contributed by atoms with van der Waals surface area (Å²) in [6.07, 6.45) is 12.2. The summed E-state index contributed by atoms with van der Waals surface area (Å²) < 4.78 is 54.4. The average molecular weight is 2500 g/mol. The predicted molar refractivity (Wildman–Crippen MR) is 523 cm³/mol. The molecule has 4 unspecified atom stereocenters. The zero-order chi connectivity index (χ0) is 88.8. The van der Waals surface area contributed by atoms with Crippen LogP contribution in [-0.2, 0) is 84.3 Å². The number of fused-ring (bicyclic) bond motifs is 12. The third-order valence-corrected chi connectivity index (χ3v) is 30.8. The van der Waals surface area contributed by atoms with E-state index in [0.717, 1.165) is 66.2 Å². The fraction of sp³-hybridized carbons (Fsp3) is 0. The van der Waals surface area contributed by atoms with E-state index in [4.69, 9.17) is 24.4 Å². The normalized spacial score (nSPS) is 11.8. The van der Waals surface area contributed by atoms with Gasteiger partial charge >= 0.3 is 84.3 Å². The van der Waals surface area contributed by atoms with Crippen molar-refractivity contribution in [2.24, 2.45) is 0 Å². The zero-order valence-corrected chi connectivity index (χ0v) is 81.9. The maximum absolute atomic E-state index is 7.98. The molecule has 0 spiro atoms. The molecule has 132 heavy (non-hydrogen) atoms. The van der Waals surface area contributed by atoms with Gasteiger partial charge in [-0.2, -0.15) is 97.1 Å². The molecule has 12 heterocycles. The van der Waals surface area contributed by atoms with Crippen molar-refractivity contribution in [2.75, 3.05) is 0 Å². The van der Waals surface area contributed by atoms with Crippen molar-refractivity contribution >= 4 is 114 Å². The SMILES string of the molecule is [2H]c1ccc(Oc2[c-]c(-c3[c-]c4c(cc3)c3ccccc3p4-c3ccccn3)ccc2)nc1.[2H]c1cccc(Oc2[c-]c(-c3[c-]c4c(cc3)c3ccccc3p4-c3ccccn3)ccc2)n1.[2H]c1cccnc1Oc1[c-]c(-c2[c-]c3c(cc2)c2ccccc2p3-c2ccccn2)ccc1.[2H]c1ccnc(Oc2[c-]c(-c3[c-]c4c(cc3)c3ccccc3p4-c3ccccn3)ccc2)c1.[Pt+2].[Pt+2].[Pt+2].[Pt+2]. The summed E-state index contributed by atoms with van der Waals surface area (Å²) in [5.74, 6) is 3.64. The van der Waals surface area contributed by atoms with Crippen LogP contribution in [0.1, 0.15) is 5.48 Å². The molecule has 0 N–H and O–H groups in total. The average Bonchev–Trinajstić information content (AvgIpc) is 1.61. The van der Waals surface area contributed by atoms with Crippen molar-refractivity contribution in [3.63, 3.8) is 0 Å². The fourth-order valence-electron chi connectivity index (χ4n) is 15.7. The van der Waals surface area contributed by atoms with Crippen molar-refractivity contribution in [2.45, 2.75) is 0 Å². The van der Waals surface area contributed by atoms with E-state index in [2.05, 4.69) is 258 Å². The van der Waals surface area contributed by atoms with Crippen molar-refractivity contribution in [3.8, 4) is 113 Å². The predicted octanol–water partition coefficient (Wildman–Crippen LogP) is 31.3. The minimum absolute atomic E-state index is 0. The van der Waals surface area contributed by atoms with Crippen LogP contribution in [0, 0.1) is 48.5 Å². The van der Waals surface area contributed by atoms with Gasteiger partial charge in [0.05, 0.1) is 27.2 Å². The van der Waals surface area contributed by atoms with E-state index in [1.54, 1.807) is 67.0 Å². The molecular formula is C112H68N8O4P4Pt4. The van der Waals surface area contributed by atoms with Crippen LogP contribution >= 0.6 is 30.1 Å². The molecule has 4 atom stereocenters. The van der Waals surface area contributed by atoms with E-state index in [1.165, 1.54) is 90.2 Å². The summed E-state index contributed by atoms with van der Waals surface area (Å²) in [5, 5.41) is 19.9. The van der Waals surface area contributed by atoms with Gasteiger partial charge in [-0.1, -0.05) is 218 Å². The number of nitrogens with zero attached hydrogens (tertiary/aromatic N) is 8. The second kappa shape index (κ2) is 42.5. The van der Waals surface area contributed by atoms with Gasteiger partial charge in [-0.25, -0.2) is 64.4 Å². The third kappa shape index (κ3) is 19.7. The molecule has 640 valence electrons. The van der Waals surface area contributed by atoms with Crippen LogP contribution in [0.2, 0.25) is 0 Å². The van der Waals surface area contributed by atoms with Gasteiger partial charge in [-0.3, -0.25) is 19.9 Å². The van der Waals surface area contributed by atoms with Crippen LogP contribution in [0.25, 0.3) is 150 Å². The molecule has 0 saturated heterocycles. The molecule has 12 aromatic carbocycles. The van der Waals surface area contributed by atoms with Gasteiger partial charge in [0.2, 0.25) is 23.5 Å². The number of hydrogen-bond acceptors (Lipinski definition) is 12. The van der Waals surface area contributed by atoms with Gasteiger partial charge in [0.25, 0.3) is 0 Å². The Labute approximate surface area is 829 Å². The molecule has 0 aliphatic rings. The topological polar surface area (TPSA) is 140 Å². The monoisotopic (exact) mass is 2500 g/mol. The Hall–Kier alpha value is -13.0. The smallest absolute Gasteiger partial charge is 0.460 e. The second-order valence-corrected chi connectivity index (χ2v) is 37.4. The van der Waals surface area contributed by atoms with E-state index in [-0.39, 0.29) is 102 Å².